The topological polar surface area (TPSA) is 0 Å². The Hall–Kier alpha value is 1.49. The van der Waals surface area contributed by atoms with E-state index in [1.807, 2.05) is 0 Å². The van der Waals surface area contributed by atoms with Gasteiger partial charge in [0.15, 0.2) is 0 Å². The Bertz CT molecular complexity index is 11.6. The standard InChI is InChI=1S/BF3H.K/c2-1(3)4;/h1H;/q-1;+1. The van der Waals surface area contributed by atoms with E-state index in [-0.39, 0.29) is 51.4 Å². The first kappa shape index (κ1) is 9.70. The van der Waals surface area contributed by atoms with E-state index >= 15 is 0 Å². The molecule has 0 aromatic carbocycles. The van der Waals surface area contributed by atoms with Crippen molar-refractivity contribution in [2.24, 2.45) is 0 Å². The van der Waals surface area contributed by atoms with Crippen LogP contribution in [0.2, 0.25) is 0 Å². The summed E-state index contributed by atoms with van der Waals surface area (Å²) in [6.45, 7) is 0. The summed E-state index contributed by atoms with van der Waals surface area (Å²) in [5.74, 6) is 0. The first-order chi connectivity index (χ1) is 1.73. The molecule has 0 atom stereocenters. The maximum atomic E-state index is 9.75. The molecule has 0 aromatic rings. The summed E-state index contributed by atoms with van der Waals surface area (Å²) in [7, 11) is -4.25. The van der Waals surface area contributed by atoms with Gasteiger partial charge in [0.1, 0.15) is 0 Å². The van der Waals surface area contributed by atoms with E-state index in [1.165, 1.54) is 0 Å². The van der Waals surface area contributed by atoms with Crippen molar-refractivity contribution in [2.45, 2.75) is 0 Å². The van der Waals surface area contributed by atoms with Crippen molar-refractivity contribution in [3.05, 3.63) is 0 Å². The van der Waals surface area contributed by atoms with Gasteiger partial charge in [0.25, 0.3) is 0 Å². The minimum Gasteiger partial charge on any atom is -0.452 e. The van der Waals surface area contributed by atoms with Crippen molar-refractivity contribution in [1.82, 2.24) is 0 Å². The van der Waals surface area contributed by atoms with Gasteiger partial charge in [0, 0.05) is 0 Å². The van der Waals surface area contributed by atoms with Crippen molar-refractivity contribution in [1.29, 1.82) is 0 Å². The van der Waals surface area contributed by atoms with Crippen LogP contribution in [0.5, 0.6) is 0 Å². The van der Waals surface area contributed by atoms with E-state index < -0.39 is 7.54 Å². The zero-order chi connectivity index (χ0) is 3.58. The predicted molar refractivity (Wildman–Crippen MR) is 10.5 cm³/mol. The van der Waals surface area contributed by atoms with Crippen molar-refractivity contribution >= 4 is 7.54 Å². The van der Waals surface area contributed by atoms with Gasteiger partial charge in [0.05, 0.1) is 0 Å². The number of hydrogen-bond acceptors (Lipinski definition) is 0. The van der Waals surface area contributed by atoms with Crippen LogP contribution in [0.15, 0.2) is 0 Å². The molecule has 0 heterocycles. The van der Waals surface area contributed by atoms with Crippen LogP contribution >= 0.6 is 0 Å². The second kappa shape index (κ2) is 5.49. The molecule has 0 aliphatic rings. The third kappa shape index (κ3) is 30.1. The van der Waals surface area contributed by atoms with Crippen LogP contribution in [0.4, 0.5) is 12.9 Å². The fraction of sp³-hybridized carbons (Fsp3) is 0. The number of rotatable bonds is 0. The molecular formula is HBF3K. The smallest absolute Gasteiger partial charge is 0.452 e. The molecule has 26 valence electrons. The second-order valence-electron chi connectivity index (χ2n) is 0.303. The van der Waals surface area contributed by atoms with E-state index in [9.17, 15) is 12.9 Å². The Balaban J connectivity index is 0. The van der Waals surface area contributed by atoms with Crippen LogP contribution in [0.25, 0.3) is 0 Å². The quantitative estimate of drug-likeness (QED) is 0.304. The predicted octanol–water partition coefficient (Wildman–Crippen LogP) is -2.38. The molecule has 0 radical (unpaired) electrons. The molecule has 0 aliphatic heterocycles. The van der Waals surface area contributed by atoms with E-state index in [1.54, 1.807) is 0 Å². The number of hydrogen-bond donors (Lipinski definition) is 0. The Kier molecular flexibility index (Phi) is 10.7. The van der Waals surface area contributed by atoms with E-state index in [2.05, 4.69) is 0 Å². The zero-order valence-corrected chi connectivity index (χ0v) is 5.96. The van der Waals surface area contributed by atoms with Crippen LogP contribution in [0.3, 0.4) is 0 Å². The molecule has 5 heavy (non-hydrogen) atoms. The molecule has 0 bridgehead atoms. The third-order valence-electron chi connectivity index (χ3n) is 0. The van der Waals surface area contributed by atoms with Crippen molar-refractivity contribution in [3.63, 3.8) is 0 Å². The summed E-state index contributed by atoms with van der Waals surface area (Å²) in [6.07, 6.45) is 0. The maximum Gasteiger partial charge on any atom is 1.00 e. The van der Waals surface area contributed by atoms with Crippen LogP contribution in [0.1, 0.15) is 0 Å². The average Bonchev–Trinajstić information content (AvgIpc) is 0.811. The molecule has 0 N–H and O–H groups in total. The molecule has 0 nitrogen and oxygen atoms in total. The summed E-state index contributed by atoms with van der Waals surface area (Å²) in [5, 5.41) is 0. The molecule has 0 unspecified atom stereocenters. The van der Waals surface area contributed by atoms with Crippen molar-refractivity contribution < 1.29 is 64.3 Å². The maximum absolute atomic E-state index is 9.75. The van der Waals surface area contributed by atoms with Gasteiger partial charge < -0.3 is 12.9 Å². The van der Waals surface area contributed by atoms with Gasteiger partial charge in [-0.15, -0.1) is 0 Å². The van der Waals surface area contributed by atoms with Gasteiger partial charge in [-0.1, -0.05) is 0 Å². The van der Waals surface area contributed by atoms with Gasteiger partial charge in [-0.25, -0.2) is 0 Å². The minimum atomic E-state index is -4.25. The monoisotopic (exact) mass is 108 g/mol. The van der Waals surface area contributed by atoms with Gasteiger partial charge in [0.2, 0.25) is 0 Å². The summed E-state index contributed by atoms with van der Waals surface area (Å²) in [4.78, 5) is 0. The third-order valence-corrected chi connectivity index (χ3v) is 0. The Morgan fingerprint density at radius 1 is 1.00 bits per heavy atom. The summed E-state index contributed by atoms with van der Waals surface area (Å²) in [5.41, 5.74) is 0. The first-order valence-electron chi connectivity index (χ1n) is 0.802. The van der Waals surface area contributed by atoms with Gasteiger partial charge in [-0.2, -0.15) is 0 Å². The van der Waals surface area contributed by atoms with Crippen LogP contribution < -0.4 is 51.4 Å². The summed E-state index contributed by atoms with van der Waals surface area (Å²) in [6, 6.07) is 0. The van der Waals surface area contributed by atoms with Crippen LogP contribution in [-0.2, 0) is 0 Å². The van der Waals surface area contributed by atoms with E-state index in [0.29, 0.717) is 0 Å². The molecule has 0 spiro atoms. The second-order valence-corrected chi connectivity index (χ2v) is 0.303. The SMILES string of the molecule is F[BH-](F)F.[K+]. The molecule has 0 aliphatic carbocycles. The molecule has 0 fully saturated rings. The summed E-state index contributed by atoms with van der Waals surface area (Å²) < 4.78 is 29.2. The van der Waals surface area contributed by atoms with Crippen LogP contribution in [0, 0.1) is 0 Å². The molecular weight excluding hydrogens is 107 g/mol. The van der Waals surface area contributed by atoms with Crippen molar-refractivity contribution in [3.8, 4) is 0 Å². The minimum absolute atomic E-state index is 0. The van der Waals surface area contributed by atoms with Crippen molar-refractivity contribution in [2.75, 3.05) is 0 Å². The normalized spacial score (nSPS) is 7.20. The Labute approximate surface area is 70.8 Å². The van der Waals surface area contributed by atoms with E-state index in [0.717, 1.165) is 0 Å². The molecule has 5 heteroatoms. The fourth-order valence-electron chi connectivity index (χ4n) is 0. The molecule has 0 aromatic heterocycles. The number of halogens is 3. The first-order valence-corrected chi connectivity index (χ1v) is 0.802. The van der Waals surface area contributed by atoms with Crippen LogP contribution in [-0.4, -0.2) is 7.54 Å². The molecule has 0 saturated heterocycles. The summed E-state index contributed by atoms with van der Waals surface area (Å²) >= 11 is 0. The fourth-order valence-corrected chi connectivity index (χ4v) is 0. The molecule has 0 saturated carbocycles. The average molecular weight is 108 g/mol. The Morgan fingerprint density at radius 2 is 1.00 bits per heavy atom. The van der Waals surface area contributed by atoms with Gasteiger partial charge in [-0.3, -0.25) is 0 Å². The van der Waals surface area contributed by atoms with Gasteiger partial charge >= 0.3 is 58.9 Å². The molecule has 0 rings (SSSR count). The Morgan fingerprint density at radius 3 is 1.00 bits per heavy atom. The van der Waals surface area contributed by atoms with E-state index in [4.69, 9.17) is 0 Å². The largest absolute Gasteiger partial charge is 1.00 e. The van der Waals surface area contributed by atoms with Gasteiger partial charge in [-0.05, 0) is 0 Å². The molecule has 0 amide bonds. The zero-order valence-electron chi connectivity index (χ0n) is 2.84.